The van der Waals surface area contributed by atoms with E-state index >= 15 is 0 Å². The van der Waals surface area contributed by atoms with Crippen LogP contribution in [-0.2, 0) is 4.79 Å². The van der Waals surface area contributed by atoms with Crippen molar-refractivity contribution < 1.29 is 9.18 Å². The molecule has 0 radical (unpaired) electrons. The Morgan fingerprint density at radius 2 is 2.11 bits per heavy atom. The third-order valence-electron chi connectivity index (χ3n) is 2.93. The standard InChI is InChI=1S/C14H21FN2OS/c1-9(2)10(3)19-7-6-14(18)17-11-4-5-12(15)13(16)8-11/h4-5,8-10H,6-7,16H2,1-3H3,(H,17,18). The molecule has 0 saturated heterocycles. The van der Waals surface area contributed by atoms with Gasteiger partial charge in [0.05, 0.1) is 5.69 Å². The van der Waals surface area contributed by atoms with Gasteiger partial charge in [-0.05, 0) is 24.1 Å². The molecule has 3 nitrogen and oxygen atoms in total. The van der Waals surface area contributed by atoms with Gasteiger partial charge in [0.25, 0.3) is 0 Å². The lowest BCUT2D eigenvalue weighted by Gasteiger charge is -2.14. The topological polar surface area (TPSA) is 55.1 Å². The average molecular weight is 284 g/mol. The van der Waals surface area contributed by atoms with Crippen molar-refractivity contribution in [1.29, 1.82) is 0 Å². The summed E-state index contributed by atoms with van der Waals surface area (Å²) in [6.07, 6.45) is 0.443. The molecule has 0 aliphatic rings. The minimum Gasteiger partial charge on any atom is -0.396 e. The van der Waals surface area contributed by atoms with Crippen LogP contribution in [-0.4, -0.2) is 16.9 Å². The summed E-state index contributed by atoms with van der Waals surface area (Å²) in [5, 5.41) is 3.25. The molecule has 19 heavy (non-hydrogen) atoms. The van der Waals surface area contributed by atoms with Gasteiger partial charge in [0.15, 0.2) is 0 Å². The van der Waals surface area contributed by atoms with E-state index in [0.717, 1.165) is 5.75 Å². The largest absolute Gasteiger partial charge is 0.396 e. The van der Waals surface area contributed by atoms with Crippen LogP contribution in [0.1, 0.15) is 27.2 Å². The third kappa shape index (κ3) is 5.51. The van der Waals surface area contributed by atoms with E-state index in [-0.39, 0.29) is 11.6 Å². The van der Waals surface area contributed by atoms with Gasteiger partial charge in [-0.15, -0.1) is 0 Å². The summed E-state index contributed by atoms with van der Waals surface area (Å²) >= 11 is 1.78. The van der Waals surface area contributed by atoms with E-state index in [9.17, 15) is 9.18 Å². The second-order valence-electron chi connectivity index (χ2n) is 4.85. The Morgan fingerprint density at radius 1 is 1.42 bits per heavy atom. The van der Waals surface area contributed by atoms with Gasteiger partial charge in [0, 0.05) is 23.1 Å². The van der Waals surface area contributed by atoms with E-state index < -0.39 is 5.82 Å². The van der Waals surface area contributed by atoms with Gasteiger partial charge < -0.3 is 11.1 Å². The predicted molar refractivity (Wildman–Crippen MR) is 80.8 cm³/mol. The number of carbonyl (C=O) groups excluding carboxylic acids is 1. The van der Waals surface area contributed by atoms with E-state index in [1.54, 1.807) is 11.8 Å². The molecule has 0 spiro atoms. The molecule has 1 amide bonds. The number of thioether (sulfide) groups is 1. The molecule has 0 bridgehead atoms. The van der Waals surface area contributed by atoms with Gasteiger partial charge in [-0.3, -0.25) is 4.79 Å². The second-order valence-corrected chi connectivity index (χ2v) is 6.34. The SMILES string of the molecule is CC(C)C(C)SCCC(=O)Nc1ccc(F)c(N)c1. The Balaban J connectivity index is 2.37. The van der Waals surface area contributed by atoms with Crippen LogP contribution in [0.4, 0.5) is 15.8 Å². The lowest BCUT2D eigenvalue weighted by molar-refractivity contribution is -0.115. The molecule has 3 N–H and O–H groups in total. The Labute approximate surface area is 118 Å². The van der Waals surface area contributed by atoms with Crippen LogP contribution >= 0.6 is 11.8 Å². The number of hydrogen-bond acceptors (Lipinski definition) is 3. The minimum absolute atomic E-state index is 0.0422. The molecule has 5 heteroatoms. The van der Waals surface area contributed by atoms with Gasteiger partial charge in [0.2, 0.25) is 5.91 Å². The molecule has 1 unspecified atom stereocenters. The summed E-state index contributed by atoms with van der Waals surface area (Å²) in [5.41, 5.74) is 6.01. The number of amides is 1. The van der Waals surface area contributed by atoms with Gasteiger partial charge in [-0.1, -0.05) is 20.8 Å². The maximum absolute atomic E-state index is 13.0. The number of carbonyl (C=O) groups is 1. The second kappa shape index (κ2) is 7.38. The van der Waals surface area contributed by atoms with Crippen LogP contribution in [0, 0.1) is 11.7 Å². The van der Waals surface area contributed by atoms with Crippen LogP contribution in [0.5, 0.6) is 0 Å². The summed E-state index contributed by atoms with van der Waals surface area (Å²) < 4.78 is 13.0. The molecule has 0 fully saturated rings. The Morgan fingerprint density at radius 3 is 2.68 bits per heavy atom. The zero-order valence-electron chi connectivity index (χ0n) is 11.6. The van der Waals surface area contributed by atoms with Crippen molar-refractivity contribution in [2.45, 2.75) is 32.4 Å². The first-order valence-electron chi connectivity index (χ1n) is 6.36. The average Bonchev–Trinajstić information content (AvgIpc) is 2.33. The first kappa shape index (κ1) is 15.8. The van der Waals surface area contributed by atoms with E-state index in [4.69, 9.17) is 5.73 Å². The van der Waals surface area contributed by atoms with E-state index in [2.05, 4.69) is 26.1 Å². The van der Waals surface area contributed by atoms with Crippen LogP contribution in [0.15, 0.2) is 18.2 Å². The monoisotopic (exact) mass is 284 g/mol. The summed E-state index contributed by atoms with van der Waals surface area (Å²) in [7, 11) is 0. The first-order valence-corrected chi connectivity index (χ1v) is 7.41. The quantitative estimate of drug-likeness (QED) is 0.786. The first-order chi connectivity index (χ1) is 8.90. The van der Waals surface area contributed by atoms with Crippen molar-refractivity contribution in [2.24, 2.45) is 5.92 Å². The van der Waals surface area contributed by atoms with Gasteiger partial charge >= 0.3 is 0 Å². The van der Waals surface area contributed by atoms with E-state index in [0.29, 0.717) is 23.3 Å². The number of rotatable bonds is 6. The third-order valence-corrected chi connectivity index (χ3v) is 4.44. The number of halogens is 1. The number of anilines is 2. The maximum atomic E-state index is 13.0. The highest BCUT2D eigenvalue weighted by Crippen LogP contribution is 2.20. The molecule has 1 atom stereocenters. The summed E-state index contributed by atoms with van der Waals surface area (Å²) in [4.78, 5) is 11.7. The van der Waals surface area contributed by atoms with Crippen molar-refractivity contribution in [2.75, 3.05) is 16.8 Å². The molecule has 0 aliphatic heterocycles. The molecule has 0 heterocycles. The number of nitrogen functional groups attached to an aromatic ring is 1. The normalized spacial score (nSPS) is 12.5. The van der Waals surface area contributed by atoms with Gasteiger partial charge in [-0.25, -0.2) is 4.39 Å². The highest BCUT2D eigenvalue weighted by Gasteiger charge is 2.09. The van der Waals surface area contributed by atoms with Crippen LogP contribution < -0.4 is 11.1 Å². The molecule has 0 aromatic heterocycles. The van der Waals surface area contributed by atoms with Crippen LogP contribution in [0.3, 0.4) is 0 Å². The van der Waals surface area contributed by atoms with Crippen molar-refractivity contribution in [1.82, 2.24) is 0 Å². The predicted octanol–water partition coefficient (Wildman–Crippen LogP) is 3.51. The molecule has 0 saturated carbocycles. The highest BCUT2D eigenvalue weighted by molar-refractivity contribution is 7.99. The maximum Gasteiger partial charge on any atom is 0.225 e. The van der Waals surface area contributed by atoms with Crippen molar-refractivity contribution in [3.8, 4) is 0 Å². The summed E-state index contributed by atoms with van der Waals surface area (Å²) in [5.74, 6) is 0.834. The number of nitrogens with one attached hydrogen (secondary N) is 1. The Kier molecular flexibility index (Phi) is 6.15. The lowest BCUT2D eigenvalue weighted by atomic mass is 10.2. The molecule has 106 valence electrons. The number of hydrogen-bond donors (Lipinski definition) is 2. The van der Waals surface area contributed by atoms with E-state index in [1.807, 2.05) is 0 Å². The summed E-state index contributed by atoms with van der Waals surface area (Å²) in [6.45, 7) is 6.49. The van der Waals surface area contributed by atoms with Crippen molar-refractivity contribution in [3.05, 3.63) is 24.0 Å². The number of nitrogens with two attached hydrogens (primary N) is 1. The lowest BCUT2D eigenvalue weighted by Crippen LogP contribution is -2.14. The number of benzene rings is 1. The molecule has 1 rings (SSSR count). The van der Waals surface area contributed by atoms with E-state index in [1.165, 1.54) is 18.2 Å². The van der Waals surface area contributed by atoms with Crippen LogP contribution in [0.2, 0.25) is 0 Å². The van der Waals surface area contributed by atoms with Gasteiger partial charge in [-0.2, -0.15) is 11.8 Å². The smallest absolute Gasteiger partial charge is 0.225 e. The molecular formula is C14H21FN2OS. The van der Waals surface area contributed by atoms with Gasteiger partial charge in [0.1, 0.15) is 5.82 Å². The summed E-state index contributed by atoms with van der Waals surface area (Å²) in [6, 6.07) is 4.19. The zero-order valence-corrected chi connectivity index (χ0v) is 12.4. The highest BCUT2D eigenvalue weighted by atomic mass is 32.2. The molecule has 1 aromatic carbocycles. The molecule has 1 aromatic rings. The molecule has 0 aliphatic carbocycles. The fourth-order valence-corrected chi connectivity index (χ4v) is 2.43. The van der Waals surface area contributed by atoms with Crippen molar-refractivity contribution in [3.63, 3.8) is 0 Å². The Hall–Kier alpha value is -1.23. The van der Waals surface area contributed by atoms with Crippen molar-refractivity contribution >= 4 is 29.0 Å². The fraction of sp³-hybridized carbons (Fsp3) is 0.500. The Bertz CT molecular complexity index is 437. The molecular weight excluding hydrogens is 263 g/mol. The van der Waals surface area contributed by atoms with Crippen LogP contribution in [0.25, 0.3) is 0 Å². The fourth-order valence-electron chi connectivity index (χ4n) is 1.37. The minimum atomic E-state index is -0.473. The zero-order chi connectivity index (χ0) is 14.4.